The highest BCUT2D eigenvalue weighted by Gasteiger charge is 2.41. The van der Waals surface area contributed by atoms with Crippen molar-refractivity contribution in [3.8, 4) is 0 Å². The lowest BCUT2D eigenvalue weighted by Gasteiger charge is -2.28. The summed E-state index contributed by atoms with van der Waals surface area (Å²) in [6, 6.07) is 28.0. The number of carbonyl (C=O) groups excluding carboxylic acids is 1. The van der Waals surface area contributed by atoms with Crippen LogP contribution >= 0.6 is 12.2 Å². The first-order valence-corrected chi connectivity index (χ1v) is 13.0. The van der Waals surface area contributed by atoms with Crippen LogP contribution in [0.2, 0.25) is 0 Å². The van der Waals surface area contributed by atoms with Gasteiger partial charge in [0.15, 0.2) is 5.11 Å². The highest BCUT2D eigenvalue weighted by atomic mass is 32.1. The molecule has 3 heterocycles. The number of nitrogens with zero attached hydrogens (tertiary/aromatic N) is 3. The molecule has 5 rings (SSSR count). The van der Waals surface area contributed by atoms with Gasteiger partial charge in [-0.1, -0.05) is 54.6 Å². The average Bonchev–Trinajstić information content (AvgIpc) is 3.39. The summed E-state index contributed by atoms with van der Waals surface area (Å²) < 4.78 is 2.35. The molecule has 7 heteroatoms. The van der Waals surface area contributed by atoms with Crippen molar-refractivity contribution in [2.24, 2.45) is 0 Å². The molecule has 0 aliphatic carbocycles. The monoisotopic (exact) mass is 509 g/mol. The molecule has 1 aliphatic heterocycles. The van der Waals surface area contributed by atoms with Crippen molar-refractivity contribution in [3.05, 3.63) is 119 Å². The van der Waals surface area contributed by atoms with Crippen molar-refractivity contribution in [2.45, 2.75) is 38.9 Å². The summed E-state index contributed by atoms with van der Waals surface area (Å²) in [4.78, 5) is 19.6. The van der Waals surface area contributed by atoms with Crippen molar-refractivity contribution in [1.29, 1.82) is 0 Å². The Morgan fingerprint density at radius 2 is 1.70 bits per heavy atom. The van der Waals surface area contributed by atoms with E-state index in [1.807, 2.05) is 60.8 Å². The van der Waals surface area contributed by atoms with Crippen molar-refractivity contribution in [1.82, 2.24) is 19.8 Å². The SMILES string of the molecule is Cc1cc([C@@H]2[C@@H](c3ccccn3)NC(=S)N2CCC(=O)Nc2ccccc2)c(C)n1Cc1ccccc1. The molecule has 0 bridgehead atoms. The van der Waals surface area contributed by atoms with Crippen LogP contribution in [0.3, 0.4) is 0 Å². The molecule has 2 N–H and O–H groups in total. The number of pyridine rings is 1. The molecule has 1 amide bonds. The zero-order valence-corrected chi connectivity index (χ0v) is 21.9. The molecule has 1 saturated heterocycles. The molecule has 188 valence electrons. The lowest BCUT2D eigenvalue weighted by atomic mass is 9.96. The summed E-state index contributed by atoms with van der Waals surface area (Å²) >= 11 is 5.81. The molecule has 37 heavy (non-hydrogen) atoms. The summed E-state index contributed by atoms with van der Waals surface area (Å²) in [6.07, 6.45) is 2.14. The minimum absolute atomic E-state index is 0.0383. The third-order valence-corrected chi connectivity index (χ3v) is 7.30. The normalized spacial score (nSPS) is 17.0. The second kappa shape index (κ2) is 11.0. The van der Waals surface area contributed by atoms with E-state index >= 15 is 0 Å². The first-order chi connectivity index (χ1) is 18.0. The van der Waals surface area contributed by atoms with Crippen LogP contribution in [0.25, 0.3) is 0 Å². The molecule has 4 aromatic rings. The topological polar surface area (TPSA) is 62.2 Å². The maximum Gasteiger partial charge on any atom is 0.226 e. The van der Waals surface area contributed by atoms with Crippen LogP contribution in [-0.2, 0) is 11.3 Å². The van der Waals surface area contributed by atoms with Crippen molar-refractivity contribution in [3.63, 3.8) is 0 Å². The van der Waals surface area contributed by atoms with Gasteiger partial charge < -0.3 is 20.1 Å². The van der Waals surface area contributed by atoms with E-state index in [1.54, 1.807) is 0 Å². The molecule has 2 aromatic heterocycles. The second-order valence-electron chi connectivity index (χ2n) is 9.38. The number of nitrogens with one attached hydrogen (secondary N) is 2. The summed E-state index contributed by atoms with van der Waals surface area (Å²) in [5.74, 6) is -0.0383. The Morgan fingerprint density at radius 3 is 2.41 bits per heavy atom. The van der Waals surface area contributed by atoms with Gasteiger partial charge in [-0.05, 0) is 67.5 Å². The fraction of sp³-hybridized carbons (Fsp3) is 0.233. The van der Waals surface area contributed by atoms with Crippen molar-refractivity contribution in [2.75, 3.05) is 11.9 Å². The number of hydrogen-bond donors (Lipinski definition) is 2. The second-order valence-corrected chi connectivity index (χ2v) is 9.77. The Hall–Kier alpha value is -3.97. The summed E-state index contributed by atoms with van der Waals surface area (Å²) in [5.41, 5.74) is 6.56. The first kappa shape index (κ1) is 24.7. The number of aromatic nitrogens is 2. The van der Waals surface area contributed by atoms with Crippen LogP contribution in [0.15, 0.2) is 91.1 Å². The number of para-hydroxylation sites is 1. The molecule has 0 radical (unpaired) electrons. The highest BCUT2D eigenvalue weighted by molar-refractivity contribution is 7.80. The Balaban J connectivity index is 1.44. The van der Waals surface area contributed by atoms with E-state index in [2.05, 4.69) is 69.3 Å². The van der Waals surface area contributed by atoms with Gasteiger partial charge in [0.2, 0.25) is 5.91 Å². The van der Waals surface area contributed by atoms with Crippen LogP contribution in [0.1, 0.15) is 46.7 Å². The maximum atomic E-state index is 12.8. The minimum atomic E-state index is -0.114. The van der Waals surface area contributed by atoms with Gasteiger partial charge in [0.25, 0.3) is 0 Å². The van der Waals surface area contributed by atoms with Gasteiger partial charge in [0.1, 0.15) is 0 Å². The van der Waals surface area contributed by atoms with E-state index in [1.165, 1.54) is 22.5 Å². The van der Waals surface area contributed by atoms with Gasteiger partial charge in [0.05, 0.1) is 17.8 Å². The molecule has 0 spiro atoms. The maximum absolute atomic E-state index is 12.8. The number of thiocarbonyl (C=S) groups is 1. The summed E-state index contributed by atoms with van der Waals surface area (Å²) in [5, 5.41) is 7.13. The third kappa shape index (κ3) is 5.42. The minimum Gasteiger partial charge on any atom is -0.352 e. The van der Waals surface area contributed by atoms with Crippen LogP contribution in [0.5, 0.6) is 0 Å². The Morgan fingerprint density at radius 1 is 1.00 bits per heavy atom. The van der Waals surface area contributed by atoms with Crippen LogP contribution in [-0.4, -0.2) is 32.0 Å². The third-order valence-electron chi connectivity index (χ3n) is 6.95. The number of benzene rings is 2. The zero-order chi connectivity index (χ0) is 25.8. The summed E-state index contributed by atoms with van der Waals surface area (Å²) in [7, 11) is 0. The molecule has 1 aliphatic rings. The number of carbonyl (C=O) groups is 1. The van der Waals surface area contributed by atoms with Gasteiger partial charge in [-0.15, -0.1) is 0 Å². The first-order valence-electron chi connectivity index (χ1n) is 12.5. The van der Waals surface area contributed by atoms with Crippen LogP contribution in [0.4, 0.5) is 5.69 Å². The van der Waals surface area contributed by atoms with E-state index in [4.69, 9.17) is 12.2 Å². The van der Waals surface area contributed by atoms with Gasteiger partial charge in [-0.3, -0.25) is 9.78 Å². The molecule has 6 nitrogen and oxygen atoms in total. The molecule has 2 aromatic carbocycles. The number of amides is 1. The summed E-state index contributed by atoms with van der Waals surface area (Å²) in [6.45, 7) is 5.62. The van der Waals surface area contributed by atoms with Gasteiger partial charge in [-0.25, -0.2) is 0 Å². The van der Waals surface area contributed by atoms with Crippen molar-refractivity contribution >= 4 is 28.9 Å². The zero-order valence-electron chi connectivity index (χ0n) is 21.1. The number of anilines is 1. The Labute approximate surface area is 223 Å². The molecule has 1 fully saturated rings. The van der Waals surface area contributed by atoms with Crippen molar-refractivity contribution < 1.29 is 4.79 Å². The van der Waals surface area contributed by atoms with Gasteiger partial charge in [0, 0.05) is 42.8 Å². The van der Waals surface area contributed by atoms with E-state index in [0.717, 1.165) is 17.9 Å². The Kier molecular flexibility index (Phi) is 7.32. The quantitative estimate of drug-likeness (QED) is 0.305. The Bertz CT molecular complexity index is 1370. The lowest BCUT2D eigenvalue weighted by Crippen LogP contribution is -2.32. The lowest BCUT2D eigenvalue weighted by molar-refractivity contribution is -0.116. The predicted molar refractivity (Wildman–Crippen MR) is 151 cm³/mol. The molecule has 2 atom stereocenters. The van der Waals surface area contributed by atoms with E-state index in [9.17, 15) is 4.79 Å². The molecular weight excluding hydrogens is 478 g/mol. The molecule has 0 unspecified atom stereocenters. The van der Waals surface area contributed by atoms with E-state index in [-0.39, 0.29) is 18.0 Å². The fourth-order valence-electron chi connectivity index (χ4n) is 5.09. The largest absolute Gasteiger partial charge is 0.352 e. The number of hydrogen-bond acceptors (Lipinski definition) is 3. The molecule has 0 saturated carbocycles. The smallest absolute Gasteiger partial charge is 0.226 e. The van der Waals surface area contributed by atoms with E-state index < -0.39 is 0 Å². The van der Waals surface area contributed by atoms with Crippen LogP contribution in [0, 0.1) is 13.8 Å². The standard InChI is InChI=1S/C30H31N5OS/c1-21-19-25(22(2)35(21)20-23-11-5-3-6-12-23)29-28(26-15-9-10-17-31-26)33-30(37)34(29)18-16-27(36)32-24-13-7-4-8-14-24/h3-15,17,19,28-29H,16,18,20H2,1-2H3,(H,32,36)(H,33,37)/t28-,29-/m1/s1. The van der Waals surface area contributed by atoms with Gasteiger partial charge >= 0.3 is 0 Å². The van der Waals surface area contributed by atoms with Crippen LogP contribution < -0.4 is 10.6 Å². The van der Waals surface area contributed by atoms with Gasteiger partial charge in [-0.2, -0.15) is 0 Å². The number of rotatable bonds is 8. The predicted octanol–water partition coefficient (Wildman–Crippen LogP) is 5.55. The number of aryl methyl sites for hydroxylation is 1. The highest BCUT2D eigenvalue weighted by Crippen LogP contribution is 2.41. The average molecular weight is 510 g/mol. The van der Waals surface area contributed by atoms with E-state index in [0.29, 0.717) is 18.1 Å². The molecular formula is C30H31N5OS. The fourth-order valence-corrected chi connectivity index (χ4v) is 5.42.